The van der Waals surface area contributed by atoms with Crippen molar-refractivity contribution in [2.45, 2.75) is 12.8 Å². The Morgan fingerprint density at radius 1 is 1.09 bits per heavy atom. The first kappa shape index (κ1) is 26.5. The number of ether oxygens (including phenoxy) is 2. The van der Waals surface area contributed by atoms with Crippen LogP contribution in [0, 0.1) is 18.3 Å². The third-order valence-corrected chi connectivity index (χ3v) is 6.11. The molecule has 0 aliphatic carbocycles. The molecule has 0 saturated carbocycles. The Labute approximate surface area is 215 Å². The number of nitrogen functional groups attached to an aromatic ring is 1. The second-order valence-corrected chi connectivity index (χ2v) is 8.70. The van der Waals surface area contributed by atoms with Crippen LogP contribution in [0.2, 0.25) is 10.0 Å². The van der Waals surface area contributed by atoms with Crippen LogP contribution in [-0.4, -0.2) is 50.5 Å². The van der Waals surface area contributed by atoms with Crippen LogP contribution in [0.4, 0.5) is 23.0 Å². The number of nitriles is 1. The van der Waals surface area contributed by atoms with E-state index in [0.29, 0.717) is 59.2 Å². The Hall–Kier alpha value is -3.09. The molecule has 10 heteroatoms. The highest BCUT2D eigenvalue weighted by Crippen LogP contribution is 2.36. The smallest absolute Gasteiger partial charge is 0.159 e. The van der Waals surface area contributed by atoms with Gasteiger partial charge in [0.25, 0.3) is 0 Å². The minimum absolute atomic E-state index is 0.398. The average Bonchev–Trinajstić information content (AvgIpc) is 2.85. The molecule has 0 amide bonds. The number of nitrogens with two attached hydrogens (primary N) is 1. The van der Waals surface area contributed by atoms with Crippen molar-refractivity contribution in [2.75, 3.05) is 56.5 Å². The van der Waals surface area contributed by atoms with Gasteiger partial charge in [-0.1, -0.05) is 41.4 Å². The molecule has 35 heavy (non-hydrogen) atoms. The molecule has 8 nitrogen and oxygen atoms in total. The van der Waals surface area contributed by atoms with Crippen LogP contribution >= 0.6 is 23.2 Å². The zero-order valence-electron chi connectivity index (χ0n) is 19.9. The SMILES string of the molecule is COCCN(CCOC)c1ncnc(Nc2cc(Cl)c(C(C#N)c3ccc(Cl)cc3)cc2C)c1N. The van der Waals surface area contributed by atoms with Crippen molar-refractivity contribution in [3.05, 3.63) is 69.5 Å². The summed E-state index contributed by atoms with van der Waals surface area (Å²) in [5.41, 5.74) is 9.99. The van der Waals surface area contributed by atoms with Gasteiger partial charge < -0.3 is 25.4 Å². The molecule has 1 heterocycles. The zero-order chi connectivity index (χ0) is 25.4. The van der Waals surface area contributed by atoms with Crippen LogP contribution < -0.4 is 16.0 Å². The fourth-order valence-electron chi connectivity index (χ4n) is 3.63. The van der Waals surface area contributed by atoms with Crippen molar-refractivity contribution in [3.8, 4) is 6.07 Å². The number of aromatic nitrogens is 2. The third kappa shape index (κ3) is 6.53. The molecule has 1 unspecified atom stereocenters. The van der Waals surface area contributed by atoms with E-state index >= 15 is 0 Å². The number of rotatable bonds is 11. The van der Waals surface area contributed by atoms with Gasteiger partial charge in [-0.15, -0.1) is 0 Å². The lowest BCUT2D eigenvalue weighted by atomic mass is 9.91. The van der Waals surface area contributed by atoms with E-state index in [1.807, 2.05) is 30.0 Å². The summed E-state index contributed by atoms with van der Waals surface area (Å²) in [5.74, 6) is 0.513. The van der Waals surface area contributed by atoms with Gasteiger partial charge in [-0.3, -0.25) is 0 Å². The average molecular weight is 515 g/mol. The summed E-state index contributed by atoms with van der Waals surface area (Å²) in [4.78, 5) is 10.7. The molecule has 0 aliphatic rings. The van der Waals surface area contributed by atoms with Gasteiger partial charge in [-0.05, 0) is 41.8 Å². The molecule has 184 valence electrons. The van der Waals surface area contributed by atoms with Crippen molar-refractivity contribution in [2.24, 2.45) is 0 Å². The number of halogens is 2. The highest BCUT2D eigenvalue weighted by Gasteiger charge is 2.20. The van der Waals surface area contributed by atoms with E-state index in [4.69, 9.17) is 38.4 Å². The quantitative estimate of drug-likeness (QED) is 0.360. The lowest BCUT2D eigenvalue weighted by Gasteiger charge is -2.25. The number of hydrogen-bond donors (Lipinski definition) is 2. The lowest BCUT2D eigenvalue weighted by Crippen LogP contribution is -2.32. The molecule has 0 radical (unpaired) electrons. The van der Waals surface area contributed by atoms with Crippen LogP contribution in [0.25, 0.3) is 0 Å². The molecular weight excluding hydrogens is 487 g/mol. The van der Waals surface area contributed by atoms with Crippen molar-refractivity contribution in [1.82, 2.24) is 9.97 Å². The van der Waals surface area contributed by atoms with Gasteiger partial charge in [0.2, 0.25) is 0 Å². The zero-order valence-corrected chi connectivity index (χ0v) is 21.4. The number of methoxy groups -OCH3 is 2. The predicted molar refractivity (Wildman–Crippen MR) is 141 cm³/mol. The number of nitrogens with one attached hydrogen (secondary N) is 1. The van der Waals surface area contributed by atoms with Crippen LogP contribution in [0.5, 0.6) is 0 Å². The van der Waals surface area contributed by atoms with Crippen molar-refractivity contribution in [1.29, 1.82) is 5.26 Å². The second kappa shape index (κ2) is 12.6. The molecule has 2 aromatic carbocycles. The minimum atomic E-state index is -0.529. The van der Waals surface area contributed by atoms with Gasteiger partial charge in [0.1, 0.15) is 12.0 Å². The second-order valence-electron chi connectivity index (χ2n) is 7.86. The van der Waals surface area contributed by atoms with Gasteiger partial charge in [0, 0.05) is 43.0 Å². The van der Waals surface area contributed by atoms with Gasteiger partial charge in [-0.2, -0.15) is 5.26 Å². The number of nitrogens with zero attached hydrogens (tertiary/aromatic N) is 4. The minimum Gasteiger partial charge on any atom is -0.393 e. The van der Waals surface area contributed by atoms with E-state index in [2.05, 4.69) is 21.4 Å². The van der Waals surface area contributed by atoms with E-state index in [1.54, 1.807) is 32.4 Å². The topological polar surface area (TPSA) is 109 Å². The van der Waals surface area contributed by atoms with Crippen LogP contribution in [0.1, 0.15) is 22.6 Å². The molecule has 3 N–H and O–H groups in total. The molecule has 0 spiro atoms. The Balaban J connectivity index is 1.91. The van der Waals surface area contributed by atoms with Crippen LogP contribution in [-0.2, 0) is 9.47 Å². The normalized spacial score (nSPS) is 11.7. The standard InChI is InChI=1S/C25H28Cl2N6O2/c1-16-12-19(20(14-28)17-4-6-18(26)7-5-17)21(27)13-22(16)32-24-23(29)25(31-15-30-24)33(8-10-34-2)9-11-35-3/h4-7,12-13,15,20H,8-11,29H2,1-3H3,(H,30,31,32). The summed E-state index contributed by atoms with van der Waals surface area (Å²) in [6.07, 6.45) is 1.46. The van der Waals surface area contributed by atoms with Gasteiger partial charge in [0.15, 0.2) is 11.6 Å². The first-order chi connectivity index (χ1) is 16.9. The summed E-state index contributed by atoms with van der Waals surface area (Å²) in [5, 5.41) is 14.2. The Kier molecular flexibility index (Phi) is 9.52. The Bertz CT molecular complexity index is 1180. The molecule has 3 aromatic rings. The molecular formula is C25H28Cl2N6O2. The Morgan fingerprint density at radius 3 is 2.34 bits per heavy atom. The maximum absolute atomic E-state index is 9.85. The molecule has 1 atom stereocenters. The van der Waals surface area contributed by atoms with E-state index in [0.717, 1.165) is 16.8 Å². The first-order valence-electron chi connectivity index (χ1n) is 10.9. The number of aryl methyl sites for hydroxylation is 1. The number of anilines is 4. The van der Waals surface area contributed by atoms with E-state index in [-0.39, 0.29) is 0 Å². The van der Waals surface area contributed by atoms with Crippen LogP contribution in [0.3, 0.4) is 0 Å². The predicted octanol–water partition coefficient (Wildman–Crippen LogP) is 5.17. The maximum Gasteiger partial charge on any atom is 0.159 e. The molecule has 0 fully saturated rings. The first-order valence-corrected chi connectivity index (χ1v) is 11.7. The van der Waals surface area contributed by atoms with Crippen molar-refractivity contribution in [3.63, 3.8) is 0 Å². The van der Waals surface area contributed by atoms with Gasteiger partial charge in [0.05, 0.1) is 25.2 Å². The highest BCUT2D eigenvalue weighted by molar-refractivity contribution is 6.32. The van der Waals surface area contributed by atoms with Crippen LogP contribution in [0.15, 0.2) is 42.7 Å². The Morgan fingerprint density at radius 2 is 1.74 bits per heavy atom. The van der Waals surface area contributed by atoms with Gasteiger partial charge >= 0.3 is 0 Å². The molecule has 0 bridgehead atoms. The summed E-state index contributed by atoms with van der Waals surface area (Å²) in [7, 11) is 3.29. The maximum atomic E-state index is 9.85. The molecule has 0 saturated heterocycles. The third-order valence-electron chi connectivity index (χ3n) is 5.53. The fraction of sp³-hybridized carbons (Fsp3) is 0.320. The van der Waals surface area contributed by atoms with E-state index in [9.17, 15) is 5.26 Å². The number of hydrogen-bond acceptors (Lipinski definition) is 8. The molecule has 0 aliphatic heterocycles. The lowest BCUT2D eigenvalue weighted by molar-refractivity contribution is 0.190. The monoisotopic (exact) mass is 514 g/mol. The highest BCUT2D eigenvalue weighted by atomic mass is 35.5. The molecule has 1 aromatic heterocycles. The summed E-state index contributed by atoms with van der Waals surface area (Å²) >= 11 is 12.6. The van der Waals surface area contributed by atoms with Crippen molar-refractivity contribution < 1.29 is 9.47 Å². The largest absolute Gasteiger partial charge is 0.393 e. The summed E-state index contributed by atoms with van der Waals surface area (Å²) in [6.45, 7) is 4.15. The summed E-state index contributed by atoms with van der Waals surface area (Å²) in [6, 6.07) is 13.2. The van der Waals surface area contributed by atoms with E-state index < -0.39 is 5.92 Å². The number of benzene rings is 2. The molecule has 3 rings (SSSR count). The fourth-order valence-corrected chi connectivity index (χ4v) is 4.03. The van der Waals surface area contributed by atoms with Crippen molar-refractivity contribution >= 4 is 46.2 Å². The summed E-state index contributed by atoms with van der Waals surface area (Å²) < 4.78 is 10.4. The van der Waals surface area contributed by atoms with Gasteiger partial charge in [-0.25, -0.2) is 9.97 Å². The van der Waals surface area contributed by atoms with E-state index in [1.165, 1.54) is 6.33 Å².